The summed E-state index contributed by atoms with van der Waals surface area (Å²) in [5.41, 5.74) is 4.24. The van der Waals surface area contributed by atoms with Crippen molar-refractivity contribution in [3.63, 3.8) is 0 Å². The monoisotopic (exact) mass is 409 g/mol. The molecular formula is C22H27N5OS. The van der Waals surface area contributed by atoms with Crippen LogP contribution in [0.25, 0.3) is 16.0 Å². The van der Waals surface area contributed by atoms with E-state index in [0.29, 0.717) is 6.04 Å². The van der Waals surface area contributed by atoms with Gasteiger partial charge in [0.1, 0.15) is 0 Å². The van der Waals surface area contributed by atoms with Crippen molar-refractivity contribution >= 4 is 32.7 Å². The fourth-order valence-electron chi connectivity index (χ4n) is 4.13. The van der Waals surface area contributed by atoms with E-state index in [1.54, 1.807) is 11.3 Å². The van der Waals surface area contributed by atoms with Gasteiger partial charge in [-0.1, -0.05) is 35.5 Å². The number of thiazole rings is 1. The summed E-state index contributed by atoms with van der Waals surface area (Å²) < 4.78 is 3.11. The highest BCUT2D eigenvalue weighted by atomic mass is 32.1. The molecule has 1 N–H and O–H groups in total. The summed E-state index contributed by atoms with van der Waals surface area (Å²) in [5.74, 6) is 0.536. The van der Waals surface area contributed by atoms with Crippen molar-refractivity contribution in [2.75, 3.05) is 18.0 Å². The molecule has 2 aromatic heterocycles. The summed E-state index contributed by atoms with van der Waals surface area (Å²) >= 11 is 1.73. The number of aromatic nitrogens is 3. The van der Waals surface area contributed by atoms with Crippen LogP contribution in [-0.4, -0.2) is 39.8 Å². The van der Waals surface area contributed by atoms with Crippen LogP contribution in [0, 0.1) is 19.8 Å². The first-order chi connectivity index (χ1) is 14.1. The standard InChI is InChI=1S/C22H27N5OS/c1-14-6-8-18(9-7-14)27-20-19(15(2)25-27)29-22(24-20)26-12-10-17(11-13-26)23-21(28)16-4-3-5-16/h6-9,16-17H,3-5,10-13H2,1-2H3,(H,23,28). The van der Waals surface area contributed by atoms with Gasteiger partial charge in [0.05, 0.1) is 16.1 Å². The van der Waals surface area contributed by atoms with Crippen molar-refractivity contribution in [2.45, 2.75) is 52.0 Å². The fourth-order valence-corrected chi connectivity index (χ4v) is 5.17. The maximum Gasteiger partial charge on any atom is 0.223 e. The molecule has 3 heterocycles. The summed E-state index contributed by atoms with van der Waals surface area (Å²) in [6.07, 6.45) is 5.30. The van der Waals surface area contributed by atoms with E-state index in [-0.39, 0.29) is 11.8 Å². The number of aryl methyl sites for hydroxylation is 2. The first kappa shape index (κ1) is 18.6. The van der Waals surface area contributed by atoms with Gasteiger partial charge in [-0.15, -0.1) is 0 Å². The Morgan fingerprint density at radius 1 is 1.10 bits per heavy atom. The number of amides is 1. The van der Waals surface area contributed by atoms with Gasteiger partial charge in [-0.3, -0.25) is 4.79 Å². The van der Waals surface area contributed by atoms with Crippen LogP contribution in [0.5, 0.6) is 0 Å². The SMILES string of the molecule is Cc1ccc(-n2nc(C)c3sc(N4CCC(NC(=O)C5CCC5)CC4)nc32)cc1. The Labute approximate surface area is 174 Å². The Bertz CT molecular complexity index is 1030. The van der Waals surface area contributed by atoms with E-state index in [1.807, 2.05) is 4.68 Å². The molecule has 1 saturated heterocycles. The molecule has 0 atom stereocenters. The molecule has 0 bridgehead atoms. The van der Waals surface area contributed by atoms with E-state index < -0.39 is 0 Å². The minimum Gasteiger partial charge on any atom is -0.353 e. The van der Waals surface area contributed by atoms with Crippen LogP contribution in [0.1, 0.15) is 43.4 Å². The van der Waals surface area contributed by atoms with E-state index in [0.717, 1.165) is 65.6 Å². The van der Waals surface area contributed by atoms with Crippen LogP contribution in [0.15, 0.2) is 24.3 Å². The quantitative estimate of drug-likeness (QED) is 0.708. The smallest absolute Gasteiger partial charge is 0.223 e. The number of hydrogen-bond acceptors (Lipinski definition) is 5. The number of carbonyl (C=O) groups is 1. The Balaban J connectivity index is 1.30. The molecule has 7 heteroatoms. The lowest BCUT2D eigenvalue weighted by Gasteiger charge is -2.34. The second-order valence-corrected chi connectivity index (χ2v) is 9.36. The molecular weight excluding hydrogens is 382 g/mol. The minimum absolute atomic E-state index is 0.267. The Morgan fingerprint density at radius 2 is 1.83 bits per heavy atom. The van der Waals surface area contributed by atoms with Gasteiger partial charge in [0.15, 0.2) is 10.8 Å². The van der Waals surface area contributed by atoms with Gasteiger partial charge in [-0.2, -0.15) is 10.1 Å². The lowest BCUT2D eigenvalue weighted by Crippen LogP contribution is -2.47. The zero-order chi connectivity index (χ0) is 20.0. The van der Waals surface area contributed by atoms with Crippen LogP contribution < -0.4 is 10.2 Å². The van der Waals surface area contributed by atoms with E-state index in [4.69, 9.17) is 10.1 Å². The predicted octanol–water partition coefficient (Wildman–Crippen LogP) is 3.98. The normalized spacial score (nSPS) is 18.2. The number of piperidine rings is 1. The van der Waals surface area contributed by atoms with Crippen LogP contribution >= 0.6 is 11.3 Å². The van der Waals surface area contributed by atoms with Crippen molar-refractivity contribution in [3.8, 4) is 5.69 Å². The largest absolute Gasteiger partial charge is 0.353 e. The van der Waals surface area contributed by atoms with Crippen molar-refractivity contribution in [3.05, 3.63) is 35.5 Å². The second-order valence-electron chi connectivity index (χ2n) is 8.38. The topological polar surface area (TPSA) is 63.1 Å². The highest BCUT2D eigenvalue weighted by Gasteiger charge is 2.29. The van der Waals surface area contributed by atoms with E-state index in [1.165, 1.54) is 12.0 Å². The molecule has 0 radical (unpaired) electrons. The number of carbonyl (C=O) groups excluding carboxylic acids is 1. The molecule has 0 spiro atoms. The molecule has 29 heavy (non-hydrogen) atoms. The third-order valence-corrected chi connectivity index (χ3v) is 7.46. The summed E-state index contributed by atoms with van der Waals surface area (Å²) in [6.45, 7) is 6.01. The fraction of sp³-hybridized carbons (Fsp3) is 0.500. The maximum absolute atomic E-state index is 12.2. The maximum atomic E-state index is 12.2. The van der Waals surface area contributed by atoms with Gasteiger partial charge < -0.3 is 10.2 Å². The molecule has 5 rings (SSSR count). The van der Waals surface area contributed by atoms with Crippen molar-refractivity contribution in [1.82, 2.24) is 20.1 Å². The Kier molecular flexibility index (Phi) is 4.78. The third-order valence-electron chi connectivity index (χ3n) is 6.24. The lowest BCUT2D eigenvalue weighted by atomic mass is 9.84. The molecule has 0 unspecified atom stereocenters. The Morgan fingerprint density at radius 3 is 2.48 bits per heavy atom. The molecule has 3 aromatic rings. The molecule has 2 aliphatic rings. The summed E-state index contributed by atoms with van der Waals surface area (Å²) in [6, 6.07) is 8.70. The molecule has 1 aromatic carbocycles. The number of nitrogens with zero attached hydrogens (tertiary/aromatic N) is 4. The van der Waals surface area contributed by atoms with Gasteiger partial charge in [-0.05, 0) is 51.7 Å². The number of hydrogen-bond donors (Lipinski definition) is 1. The molecule has 2 fully saturated rings. The van der Waals surface area contributed by atoms with E-state index in [2.05, 4.69) is 48.3 Å². The average molecular weight is 410 g/mol. The Hall–Kier alpha value is -2.41. The number of rotatable bonds is 4. The highest BCUT2D eigenvalue weighted by Crippen LogP contribution is 2.34. The van der Waals surface area contributed by atoms with E-state index in [9.17, 15) is 4.79 Å². The lowest BCUT2D eigenvalue weighted by molar-refractivity contribution is -0.128. The zero-order valence-corrected chi connectivity index (χ0v) is 17.8. The summed E-state index contributed by atoms with van der Waals surface area (Å²) in [7, 11) is 0. The van der Waals surface area contributed by atoms with Crippen LogP contribution in [0.3, 0.4) is 0 Å². The molecule has 6 nitrogen and oxygen atoms in total. The summed E-state index contributed by atoms with van der Waals surface area (Å²) in [5, 5.41) is 9.03. The predicted molar refractivity (Wildman–Crippen MR) is 117 cm³/mol. The highest BCUT2D eigenvalue weighted by molar-refractivity contribution is 7.22. The van der Waals surface area contributed by atoms with Gasteiger partial charge in [0.2, 0.25) is 5.91 Å². The van der Waals surface area contributed by atoms with Crippen molar-refractivity contribution in [1.29, 1.82) is 0 Å². The first-order valence-electron chi connectivity index (χ1n) is 10.6. The van der Waals surface area contributed by atoms with Crippen LogP contribution in [0.4, 0.5) is 5.13 Å². The number of benzene rings is 1. The van der Waals surface area contributed by atoms with Crippen molar-refractivity contribution in [2.24, 2.45) is 5.92 Å². The van der Waals surface area contributed by atoms with Crippen LogP contribution in [-0.2, 0) is 4.79 Å². The number of nitrogens with one attached hydrogen (secondary N) is 1. The minimum atomic E-state index is 0.267. The van der Waals surface area contributed by atoms with Crippen LogP contribution in [0.2, 0.25) is 0 Å². The van der Waals surface area contributed by atoms with Gasteiger partial charge in [0.25, 0.3) is 0 Å². The number of fused-ring (bicyclic) bond motifs is 1. The molecule has 1 aliphatic heterocycles. The summed E-state index contributed by atoms with van der Waals surface area (Å²) in [4.78, 5) is 19.5. The molecule has 152 valence electrons. The van der Waals surface area contributed by atoms with E-state index >= 15 is 0 Å². The third kappa shape index (κ3) is 3.52. The molecule has 1 aliphatic carbocycles. The van der Waals surface area contributed by atoms with Crippen molar-refractivity contribution < 1.29 is 4.79 Å². The van der Waals surface area contributed by atoms with Gasteiger partial charge in [-0.25, -0.2) is 4.68 Å². The average Bonchev–Trinajstić information content (AvgIpc) is 3.22. The first-order valence-corrected chi connectivity index (χ1v) is 11.4. The molecule has 1 saturated carbocycles. The van der Waals surface area contributed by atoms with Gasteiger partial charge >= 0.3 is 0 Å². The second kappa shape index (κ2) is 7.44. The van der Waals surface area contributed by atoms with Gasteiger partial charge in [0, 0.05) is 25.0 Å². The molecule has 1 amide bonds. The number of anilines is 1. The zero-order valence-electron chi connectivity index (χ0n) is 17.0.